The van der Waals surface area contributed by atoms with Gasteiger partial charge in [-0.15, -0.1) is 0 Å². The Morgan fingerprint density at radius 2 is 1.62 bits per heavy atom. The SMILES string of the molecule is CC[C@@H](C(=O)NC)N(Cc1ccc(OC)cc1)C(=O)CN(c1cccc(C(F)(F)F)c1)S(=O)(=O)c1ccccc1. The summed E-state index contributed by atoms with van der Waals surface area (Å²) in [6.45, 7) is 0.790. The highest BCUT2D eigenvalue weighted by atomic mass is 32.2. The number of likely N-dealkylation sites (N-methyl/N-ethyl adjacent to an activating group) is 1. The number of rotatable bonds is 11. The van der Waals surface area contributed by atoms with E-state index in [1.807, 2.05) is 0 Å². The Morgan fingerprint density at radius 1 is 0.975 bits per heavy atom. The second kappa shape index (κ2) is 12.9. The van der Waals surface area contributed by atoms with Crippen LogP contribution in [-0.4, -0.2) is 51.9 Å². The zero-order chi connectivity index (χ0) is 29.5. The number of sulfonamides is 1. The van der Waals surface area contributed by atoms with Crippen LogP contribution in [0.3, 0.4) is 0 Å². The summed E-state index contributed by atoms with van der Waals surface area (Å²) in [4.78, 5) is 27.6. The molecule has 0 aliphatic heterocycles. The molecular formula is C28H30F3N3O5S. The number of ether oxygens (including phenoxy) is 1. The van der Waals surface area contributed by atoms with Crippen LogP contribution in [0.25, 0.3) is 0 Å². The number of hydrogen-bond acceptors (Lipinski definition) is 5. The molecule has 214 valence electrons. The largest absolute Gasteiger partial charge is 0.497 e. The Kier molecular flexibility index (Phi) is 9.80. The van der Waals surface area contributed by atoms with Crippen molar-refractivity contribution in [1.82, 2.24) is 10.2 Å². The van der Waals surface area contributed by atoms with E-state index in [4.69, 9.17) is 4.74 Å². The molecule has 0 saturated carbocycles. The fourth-order valence-electron chi connectivity index (χ4n) is 4.10. The van der Waals surface area contributed by atoms with Crippen LogP contribution < -0.4 is 14.4 Å². The van der Waals surface area contributed by atoms with Gasteiger partial charge >= 0.3 is 6.18 Å². The molecule has 3 rings (SSSR count). The van der Waals surface area contributed by atoms with E-state index in [-0.39, 0.29) is 23.5 Å². The van der Waals surface area contributed by atoms with Crippen molar-refractivity contribution in [3.8, 4) is 5.75 Å². The normalized spacial score (nSPS) is 12.3. The number of nitrogens with one attached hydrogen (secondary N) is 1. The summed E-state index contributed by atoms with van der Waals surface area (Å²) in [5.41, 5.74) is -0.782. The van der Waals surface area contributed by atoms with E-state index in [9.17, 15) is 31.2 Å². The van der Waals surface area contributed by atoms with Gasteiger partial charge in [-0.05, 0) is 54.4 Å². The quantitative estimate of drug-likeness (QED) is 0.363. The average molecular weight is 578 g/mol. The Bertz CT molecular complexity index is 1420. The summed E-state index contributed by atoms with van der Waals surface area (Å²) in [5.74, 6) is -0.672. The Hall–Kier alpha value is -4.06. The van der Waals surface area contributed by atoms with Crippen molar-refractivity contribution in [1.29, 1.82) is 0 Å². The molecule has 0 aliphatic carbocycles. The van der Waals surface area contributed by atoms with E-state index in [0.717, 1.165) is 12.1 Å². The highest BCUT2D eigenvalue weighted by molar-refractivity contribution is 7.92. The predicted molar refractivity (Wildman–Crippen MR) is 144 cm³/mol. The van der Waals surface area contributed by atoms with E-state index in [0.29, 0.717) is 21.7 Å². The number of halogens is 3. The van der Waals surface area contributed by atoms with Crippen LogP contribution in [0.2, 0.25) is 0 Å². The monoisotopic (exact) mass is 577 g/mol. The molecule has 3 aromatic rings. The molecule has 1 N–H and O–H groups in total. The number of hydrogen-bond donors (Lipinski definition) is 1. The third kappa shape index (κ3) is 7.12. The lowest BCUT2D eigenvalue weighted by Gasteiger charge is -2.33. The highest BCUT2D eigenvalue weighted by Gasteiger charge is 2.35. The third-order valence-electron chi connectivity index (χ3n) is 6.22. The molecule has 0 saturated heterocycles. The second-order valence-corrected chi connectivity index (χ2v) is 10.6. The molecule has 0 spiro atoms. The summed E-state index contributed by atoms with van der Waals surface area (Å²) < 4.78 is 73.7. The highest BCUT2D eigenvalue weighted by Crippen LogP contribution is 2.33. The zero-order valence-electron chi connectivity index (χ0n) is 22.2. The van der Waals surface area contributed by atoms with Crippen LogP contribution in [-0.2, 0) is 32.3 Å². The molecular weight excluding hydrogens is 547 g/mol. The van der Waals surface area contributed by atoms with Crippen molar-refractivity contribution in [2.75, 3.05) is 25.0 Å². The molecule has 0 fully saturated rings. The van der Waals surface area contributed by atoms with Gasteiger partial charge < -0.3 is 15.0 Å². The smallest absolute Gasteiger partial charge is 0.416 e. The summed E-state index contributed by atoms with van der Waals surface area (Å²) >= 11 is 0. The number of nitrogens with zero attached hydrogens (tertiary/aromatic N) is 2. The number of carbonyl (C=O) groups excluding carboxylic acids is 2. The van der Waals surface area contributed by atoms with Crippen molar-refractivity contribution in [3.63, 3.8) is 0 Å². The van der Waals surface area contributed by atoms with Crippen LogP contribution in [0, 0.1) is 0 Å². The van der Waals surface area contributed by atoms with Gasteiger partial charge in [-0.3, -0.25) is 13.9 Å². The number of benzene rings is 3. The molecule has 0 radical (unpaired) electrons. The standard InChI is InChI=1S/C28H30F3N3O5S/c1-4-25(27(36)32-2)33(18-20-13-15-23(39-3)16-14-20)26(35)19-34(40(37,38)24-11-6-5-7-12-24)22-10-8-9-21(17-22)28(29,30)31/h5-17,25H,4,18-19H2,1-3H3,(H,32,36)/t25-/m0/s1. The fourth-order valence-corrected chi connectivity index (χ4v) is 5.53. The zero-order valence-corrected chi connectivity index (χ0v) is 23.0. The van der Waals surface area contributed by atoms with E-state index < -0.39 is 46.2 Å². The molecule has 8 nitrogen and oxygen atoms in total. The summed E-state index contributed by atoms with van der Waals surface area (Å²) in [5, 5.41) is 2.51. The van der Waals surface area contributed by atoms with Gasteiger partial charge in [0.1, 0.15) is 18.3 Å². The van der Waals surface area contributed by atoms with E-state index in [2.05, 4.69) is 5.32 Å². The van der Waals surface area contributed by atoms with Crippen molar-refractivity contribution in [2.24, 2.45) is 0 Å². The lowest BCUT2D eigenvalue weighted by Crippen LogP contribution is -2.51. The number of methoxy groups -OCH3 is 1. The Morgan fingerprint density at radius 3 is 2.17 bits per heavy atom. The molecule has 0 aliphatic rings. The average Bonchev–Trinajstić information content (AvgIpc) is 2.95. The van der Waals surface area contributed by atoms with E-state index >= 15 is 0 Å². The van der Waals surface area contributed by atoms with Crippen LogP contribution in [0.4, 0.5) is 18.9 Å². The minimum Gasteiger partial charge on any atom is -0.497 e. The van der Waals surface area contributed by atoms with Gasteiger partial charge in [0.2, 0.25) is 11.8 Å². The first-order valence-corrected chi connectivity index (χ1v) is 13.8. The molecule has 3 aromatic carbocycles. The maximum atomic E-state index is 13.8. The molecule has 0 aromatic heterocycles. The maximum absolute atomic E-state index is 13.8. The van der Waals surface area contributed by atoms with E-state index in [1.165, 1.54) is 49.4 Å². The van der Waals surface area contributed by atoms with Gasteiger partial charge in [0, 0.05) is 13.6 Å². The van der Waals surface area contributed by atoms with Gasteiger partial charge in [-0.1, -0.05) is 43.3 Å². The minimum atomic E-state index is -4.74. The van der Waals surface area contributed by atoms with E-state index in [1.54, 1.807) is 37.3 Å². The maximum Gasteiger partial charge on any atom is 0.416 e. The predicted octanol–water partition coefficient (Wildman–Crippen LogP) is 4.46. The van der Waals surface area contributed by atoms with Crippen LogP contribution in [0.5, 0.6) is 5.75 Å². The van der Waals surface area contributed by atoms with Crippen LogP contribution in [0.15, 0.2) is 83.8 Å². The summed E-state index contributed by atoms with van der Waals surface area (Å²) in [6, 6.07) is 16.6. The summed E-state index contributed by atoms with van der Waals surface area (Å²) in [6.07, 6.45) is -4.54. The van der Waals surface area contributed by atoms with Crippen molar-refractivity contribution in [3.05, 3.63) is 90.0 Å². The minimum absolute atomic E-state index is 0.0590. The number of anilines is 1. The summed E-state index contributed by atoms with van der Waals surface area (Å²) in [7, 11) is -1.57. The second-order valence-electron chi connectivity index (χ2n) is 8.78. The topological polar surface area (TPSA) is 96.0 Å². The molecule has 1 atom stereocenters. The van der Waals surface area contributed by atoms with Crippen LogP contribution >= 0.6 is 0 Å². The number of carbonyl (C=O) groups is 2. The first-order valence-electron chi connectivity index (χ1n) is 12.3. The van der Waals surface area contributed by atoms with Gasteiger partial charge in [0.15, 0.2) is 0 Å². The van der Waals surface area contributed by atoms with Crippen molar-refractivity contribution in [2.45, 2.75) is 37.0 Å². The molecule has 0 bridgehead atoms. The molecule has 0 heterocycles. The molecule has 2 amide bonds. The Labute approximate surface area is 231 Å². The fraction of sp³-hybridized carbons (Fsp3) is 0.286. The lowest BCUT2D eigenvalue weighted by atomic mass is 10.1. The van der Waals surface area contributed by atoms with Crippen molar-refractivity contribution >= 4 is 27.5 Å². The van der Waals surface area contributed by atoms with Crippen LogP contribution in [0.1, 0.15) is 24.5 Å². The Balaban J connectivity index is 2.09. The van der Waals surface area contributed by atoms with Crippen molar-refractivity contribution < 1.29 is 35.9 Å². The van der Waals surface area contributed by atoms with Gasteiger partial charge in [0.25, 0.3) is 10.0 Å². The number of amides is 2. The first kappa shape index (κ1) is 30.5. The third-order valence-corrected chi connectivity index (χ3v) is 8.00. The lowest BCUT2D eigenvalue weighted by molar-refractivity contribution is -0.140. The first-order chi connectivity index (χ1) is 18.9. The van der Waals surface area contributed by atoms with Gasteiger partial charge in [-0.25, -0.2) is 8.42 Å². The number of alkyl halides is 3. The molecule has 0 unspecified atom stereocenters. The molecule has 40 heavy (non-hydrogen) atoms. The molecule has 12 heteroatoms. The van der Waals surface area contributed by atoms with Gasteiger partial charge in [0.05, 0.1) is 23.3 Å². The van der Waals surface area contributed by atoms with Gasteiger partial charge in [-0.2, -0.15) is 13.2 Å².